The molecule has 0 aliphatic rings. The molecule has 31 heavy (non-hydrogen) atoms. The van der Waals surface area contributed by atoms with Crippen LogP contribution in [-0.2, 0) is 27.4 Å². The minimum Gasteiger partial charge on any atom is -0.480 e. The van der Waals surface area contributed by atoms with Crippen LogP contribution in [0.15, 0.2) is 39.9 Å². The van der Waals surface area contributed by atoms with E-state index in [0.29, 0.717) is 10.1 Å². The average molecular weight is 446 g/mol. The van der Waals surface area contributed by atoms with Gasteiger partial charge in [-0.05, 0) is 25.0 Å². The largest absolute Gasteiger partial charge is 0.480 e. The summed E-state index contributed by atoms with van der Waals surface area (Å²) in [7, 11) is 1.50. The van der Waals surface area contributed by atoms with Gasteiger partial charge < -0.3 is 14.6 Å². The molecule has 0 amide bonds. The lowest BCUT2D eigenvalue weighted by Crippen LogP contribution is -2.42. The molecule has 3 aromatic rings. The van der Waals surface area contributed by atoms with Gasteiger partial charge in [-0.25, -0.2) is 14.2 Å². The molecule has 0 aliphatic heterocycles. The lowest BCUT2D eigenvalue weighted by atomic mass is 10.1. The Hall–Kier alpha value is -3.24. The zero-order valence-electron chi connectivity index (χ0n) is 17.3. The van der Waals surface area contributed by atoms with Gasteiger partial charge in [-0.2, -0.15) is 0 Å². The Bertz CT molecular complexity index is 1240. The molecule has 0 aliphatic carbocycles. The van der Waals surface area contributed by atoms with E-state index in [1.807, 2.05) is 30.3 Å². The van der Waals surface area contributed by atoms with Crippen molar-refractivity contribution in [3.8, 4) is 0 Å². The predicted octanol–water partition coefficient (Wildman–Crippen LogP) is 2.18. The number of esters is 1. The number of carbonyl (C=O) groups excluding carboxylic acids is 1. The third-order valence-electron chi connectivity index (χ3n) is 4.85. The number of hydrogen-bond acceptors (Lipinski definition) is 7. The van der Waals surface area contributed by atoms with Crippen LogP contribution in [0, 0.1) is 6.92 Å². The molecule has 0 fully saturated rings. The van der Waals surface area contributed by atoms with Crippen molar-refractivity contribution < 1.29 is 24.2 Å². The number of thiophene rings is 1. The number of benzene rings is 1. The minimum atomic E-state index is -1.32. The van der Waals surface area contributed by atoms with Crippen molar-refractivity contribution in [3.05, 3.63) is 67.2 Å². The molecule has 0 radical (unpaired) electrons. The van der Waals surface area contributed by atoms with Crippen molar-refractivity contribution >= 4 is 33.5 Å². The van der Waals surface area contributed by atoms with Crippen LogP contribution in [0.4, 0.5) is 0 Å². The number of fused-ring (bicyclic) bond motifs is 1. The molecule has 0 bridgehead atoms. The zero-order valence-corrected chi connectivity index (χ0v) is 18.1. The monoisotopic (exact) mass is 446 g/mol. The second kappa shape index (κ2) is 9.27. The first-order valence-electron chi connectivity index (χ1n) is 9.53. The molecule has 0 spiro atoms. The van der Waals surface area contributed by atoms with Crippen LogP contribution >= 0.6 is 11.3 Å². The van der Waals surface area contributed by atoms with Crippen LogP contribution in [0.5, 0.6) is 0 Å². The number of aliphatic carboxylic acids is 1. The van der Waals surface area contributed by atoms with Gasteiger partial charge in [-0.1, -0.05) is 30.3 Å². The van der Waals surface area contributed by atoms with Gasteiger partial charge in [0.2, 0.25) is 0 Å². The number of carboxylic acids is 1. The molecule has 0 saturated heterocycles. The first-order chi connectivity index (χ1) is 14.8. The Morgan fingerprint density at radius 1 is 1.16 bits per heavy atom. The molecule has 164 valence electrons. The highest BCUT2D eigenvalue weighted by molar-refractivity contribution is 7.20. The van der Waals surface area contributed by atoms with Gasteiger partial charge in [0.1, 0.15) is 22.4 Å². The molecule has 1 aromatic carbocycles. The van der Waals surface area contributed by atoms with E-state index in [1.165, 1.54) is 11.7 Å². The van der Waals surface area contributed by atoms with Gasteiger partial charge in [0, 0.05) is 7.11 Å². The van der Waals surface area contributed by atoms with Crippen molar-refractivity contribution in [2.24, 2.45) is 0 Å². The van der Waals surface area contributed by atoms with Gasteiger partial charge in [0.05, 0.1) is 18.5 Å². The molecule has 1 atom stereocenters. The molecule has 1 N–H and O–H groups in total. The Morgan fingerprint density at radius 2 is 1.84 bits per heavy atom. The molecule has 2 aromatic heterocycles. The first kappa shape index (κ1) is 22.4. The Labute approximate surface area is 181 Å². The molecular weight excluding hydrogens is 424 g/mol. The summed E-state index contributed by atoms with van der Waals surface area (Å²) < 4.78 is 12.6. The highest BCUT2D eigenvalue weighted by atomic mass is 32.1. The lowest BCUT2D eigenvalue weighted by Gasteiger charge is -2.18. The summed E-state index contributed by atoms with van der Waals surface area (Å²) in [6, 6.07) is 9.20. The number of carbonyl (C=O) groups is 2. The number of carboxylic acid groups (broad SMARTS) is 1. The van der Waals surface area contributed by atoms with E-state index in [0.717, 1.165) is 16.9 Å². The average Bonchev–Trinajstić information content (AvgIpc) is 3.09. The topological polar surface area (TPSA) is 117 Å². The fraction of sp³-hybridized carbons (Fsp3) is 0.333. The van der Waals surface area contributed by atoms with E-state index < -0.39 is 35.8 Å². The van der Waals surface area contributed by atoms with Crippen LogP contribution in [0.2, 0.25) is 0 Å². The van der Waals surface area contributed by atoms with E-state index in [-0.39, 0.29) is 28.2 Å². The van der Waals surface area contributed by atoms with Gasteiger partial charge >= 0.3 is 17.6 Å². The molecule has 2 heterocycles. The first-order valence-corrected chi connectivity index (χ1v) is 10.3. The number of hydrogen-bond donors (Lipinski definition) is 1. The van der Waals surface area contributed by atoms with Crippen LogP contribution < -0.4 is 11.2 Å². The number of nitrogens with zero attached hydrogens (tertiary/aromatic N) is 2. The second-order valence-electron chi connectivity index (χ2n) is 6.77. The second-order valence-corrected chi connectivity index (χ2v) is 7.77. The summed E-state index contributed by atoms with van der Waals surface area (Å²) in [5.41, 5.74) is -0.379. The number of rotatable bonds is 8. The number of aryl methyl sites for hydroxylation is 1. The standard InChI is InChI=1S/C21H22N2O7S/c1-4-30-20(27)17-12(2)16-18(26)22(11-15(24)25)21(28)23(19(16)31-17)10-14(29-3)13-8-6-5-7-9-13/h5-9,14H,4,10-11H2,1-3H3,(H,24,25). The lowest BCUT2D eigenvalue weighted by molar-refractivity contribution is -0.137. The summed E-state index contributed by atoms with van der Waals surface area (Å²) in [5.74, 6) is -1.93. The fourth-order valence-electron chi connectivity index (χ4n) is 3.37. The van der Waals surface area contributed by atoms with Crippen molar-refractivity contribution in [2.75, 3.05) is 13.7 Å². The van der Waals surface area contributed by atoms with Gasteiger partial charge in [-0.3, -0.25) is 14.2 Å². The zero-order chi connectivity index (χ0) is 22.7. The molecule has 1 unspecified atom stereocenters. The maximum atomic E-state index is 13.1. The van der Waals surface area contributed by atoms with Gasteiger partial charge in [0.15, 0.2) is 0 Å². The minimum absolute atomic E-state index is 0.0258. The SMILES string of the molecule is CCOC(=O)c1sc2c(c1C)c(=O)n(CC(=O)O)c(=O)n2CC(OC)c1ccccc1. The number of aromatic nitrogens is 2. The predicted molar refractivity (Wildman–Crippen MR) is 115 cm³/mol. The maximum Gasteiger partial charge on any atom is 0.348 e. The summed E-state index contributed by atoms with van der Waals surface area (Å²) in [5, 5.41) is 9.34. The van der Waals surface area contributed by atoms with E-state index >= 15 is 0 Å². The Morgan fingerprint density at radius 3 is 2.42 bits per heavy atom. The van der Waals surface area contributed by atoms with Crippen LogP contribution in [-0.4, -0.2) is 39.9 Å². The van der Waals surface area contributed by atoms with Crippen LogP contribution in [0.1, 0.15) is 33.8 Å². The van der Waals surface area contributed by atoms with E-state index in [4.69, 9.17) is 9.47 Å². The third-order valence-corrected chi connectivity index (χ3v) is 6.15. The van der Waals surface area contributed by atoms with E-state index in [1.54, 1.807) is 13.8 Å². The molecular formula is C21H22N2O7S. The van der Waals surface area contributed by atoms with Crippen LogP contribution in [0.25, 0.3) is 10.2 Å². The van der Waals surface area contributed by atoms with Gasteiger partial charge in [0.25, 0.3) is 5.56 Å². The van der Waals surface area contributed by atoms with Gasteiger partial charge in [-0.15, -0.1) is 11.3 Å². The number of methoxy groups -OCH3 is 1. The molecule has 3 rings (SSSR count). The number of ether oxygens (including phenoxy) is 2. The van der Waals surface area contributed by atoms with Crippen molar-refractivity contribution in [2.45, 2.75) is 33.0 Å². The smallest absolute Gasteiger partial charge is 0.348 e. The van der Waals surface area contributed by atoms with Crippen molar-refractivity contribution in [3.63, 3.8) is 0 Å². The Balaban J connectivity index is 2.28. The highest BCUT2D eigenvalue weighted by Gasteiger charge is 2.26. The molecule has 9 nitrogen and oxygen atoms in total. The summed E-state index contributed by atoms with van der Waals surface area (Å²) in [4.78, 5) is 50.3. The maximum absolute atomic E-state index is 13.1. The molecule has 10 heteroatoms. The Kier molecular flexibility index (Phi) is 6.71. The normalized spacial score (nSPS) is 12.1. The fourth-order valence-corrected chi connectivity index (χ4v) is 4.57. The highest BCUT2D eigenvalue weighted by Crippen LogP contribution is 2.30. The third kappa shape index (κ3) is 4.30. The quantitative estimate of drug-likeness (QED) is 0.527. The molecule has 0 saturated carbocycles. The summed E-state index contributed by atoms with van der Waals surface area (Å²) >= 11 is 0.974. The van der Waals surface area contributed by atoms with Crippen LogP contribution in [0.3, 0.4) is 0 Å². The van der Waals surface area contributed by atoms with E-state index in [2.05, 4.69) is 0 Å². The van der Waals surface area contributed by atoms with E-state index in [9.17, 15) is 24.3 Å². The summed E-state index contributed by atoms with van der Waals surface area (Å²) in [6.07, 6.45) is -0.536. The van der Waals surface area contributed by atoms with Crippen molar-refractivity contribution in [1.82, 2.24) is 9.13 Å². The van der Waals surface area contributed by atoms with Crippen molar-refractivity contribution in [1.29, 1.82) is 0 Å². The summed E-state index contributed by atoms with van der Waals surface area (Å²) in [6.45, 7) is 2.64.